The van der Waals surface area contributed by atoms with Crippen LogP contribution in [0.1, 0.15) is 28.9 Å². The fourth-order valence-corrected chi connectivity index (χ4v) is 4.07. The number of carbonyl (C=O) groups excluding carboxylic acids is 1. The summed E-state index contributed by atoms with van der Waals surface area (Å²) < 4.78 is 23.6. The number of carbonyl (C=O) groups is 1. The lowest BCUT2D eigenvalue weighted by molar-refractivity contribution is 0.0939. The third kappa shape index (κ3) is 3.89. The Labute approximate surface area is 157 Å². The van der Waals surface area contributed by atoms with Crippen LogP contribution in [0.15, 0.2) is 65.6 Å². The van der Waals surface area contributed by atoms with E-state index in [0.717, 1.165) is 22.6 Å². The Hall–Kier alpha value is -2.37. The lowest BCUT2D eigenvalue weighted by atomic mass is 10.0. The summed E-state index contributed by atoms with van der Waals surface area (Å²) in [4.78, 5) is 12.5. The van der Waals surface area contributed by atoms with Crippen molar-refractivity contribution in [1.29, 1.82) is 0 Å². The number of fused-ring (bicyclic) bond motifs is 1. The molecule has 0 aromatic heterocycles. The first-order valence-electron chi connectivity index (χ1n) is 8.05. The quantitative estimate of drug-likeness (QED) is 0.722. The maximum absolute atomic E-state index is 12.5. The molecule has 0 aliphatic carbocycles. The van der Waals surface area contributed by atoms with E-state index in [1.807, 2.05) is 49.4 Å². The molecule has 6 heteroatoms. The summed E-state index contributed by atoms with van der Waals surface area (Å²) in [6, 6.07) is 18.0. The van der Waals surface area contributed by atoms with Crippen LogP contribution in [0.5, 0.6) is 0 Å². The van der Waals surface area contributed by atoms with Crippen LogP contribution in [-0.2, 0) is 9.84 Å². The molecular weight excluding hydrogens is 370 g/mol. The Kier molecular flexibility index (Phi) is 5.03. The molecule has 4 nitrogen and oxygen atoms in total. The molecule has 0 heterocycles. The summed E-state index contributed by atoms with van der Waals surface area (Å²) >= 11 is 5.93. The molecule has 3 aromatic rings. The van der Waals surface area contributed by atoms with Gasteiger partial charge in [-0.15, -0.1) is 0 Å². The lowest BCUT2D eigenvalue weighted by Gasteiger charge is -2.16. The predicted octanol–water partition coefficient (Wildman–Crippen LogP) is 4.39. The van der Waals surface area contributed by atoms with Crippen molar-refractivity contribution in [2.75, 3.05) is 6.26 Å². The highest BCUT2D eigenvalue weighted by Crippen LogP contribution is 2.24. The number of hydrogen-bond acceptors (Lipinski definition) is 3. The number of sulfone groups is 1. The molecule has 1 unspecified atom stereocenters. The van der Waals surface area contributed by atoms with Gasteiger partial charge in [0, 0.05) is 11.8 Å². The van der Waals surface area contributed by atoms with Crippen molar-refractivity contribution >= 4 is 38.1 Å². The third-order valence-corrected chi connectivity index (χ3v) is 5.79. The highest BCUT2D eigenvalue weighted by atomic mass is 35.5. The second-order valence-electron chi connectivity index (χ2n) is 6.22. The molecular formula is C20H18ClNO3S. The van der Waals surface area contributed by atoms with E-state index in [-0.39, 0.29) is 27.4 Å². The minimum atomic E-state index is -3.51. The van der Waals surface area contributed by atoms with Gasteiger partial charge in [-0.05, 0) is 47.5 Å². The SMILES string of the molecule is CC(NC(=O)c1ccc(Cl)c(S(C)(=O)=O)c1)c1ccc2ccccc2c1. The largest absolute Gasteiger partial charge is 0.346 e. The van der Waals surface area contributed by atoms with Crippen LogP contribution in [0.25, 0.3) is 10.8 Å². The van der Waals surface area contributed by atoms with Gasteiger partial charge >= 0.3 is 0 Å². The fourth-order valence-electron chi connectivity index (χ4n) is 2.77. The number of benzene rings is 3. The predicted molar refractivity (Wildman–Crippen MR) is 104 cm³/mol. The summed E-state index contributed by atoms with van der Waals surface area (Å²) in [7, 11) is -3.51. The Balaban J connectivity index is 1.84. The van der Waals surface area contributed by atoms with E-state index in [9.17, 15) is 13.2 Å². The summed E-state index contributed by atoms with van der Waals surface area (Å²) in [5, 5.41) is 5.23. The van der Waals surface area contributed by atoms with Gasteiger partial charge < -0.3 is 5.32 Å². The van der Waals surface area contributed by atoms with E-state index in [4.69, 9.17) is 11.6 Å². The lowest BCUT2D eigenvalue weighted by Crippen LogP contribution is -2.26. The molecule has 3 aromatic carbocycles. The van der Waals surface area contributed by atoms with Gasteiger partial charge in [0.1, 0.15) is 0 Å². The first-order chi connectivity index (χ1) is 12.3. The van der Waals surface area contributed by atoms with Crippen LogP contribution in [0.4, 0.5) is 0 Å². The zero-order valence-corrected chi connectivity index (χ0v) is 15.9. The zero-order valence-electron chi connectivity index (χ0n) is 14.4. The molecule has 0 saturated carbocycles. The summed E-state index contributed by atoms with van der Waals surface area (Å²) in [6.07, 6.45) is 1.06. The molecule has 1 amide bonds. The minimum Gasteiger partial charge on any atom is -0.346 e. The molecule has 1 atom stereocenters. The second-order valence-corrected chi connectivity index (χ2v) is 8.61. The second kappa shape index (κ2) is 7.09. The molecule has 0 aliphatic rings. The van der Waals surface area contributed by atoms with Gasteiger partial charge in [-0.25, -0.2) is 8.42 Å². The standard InChI is InChI=1S/C20H18ClNO3S/c1-13(15-8-7-14-5-3-4-6-16(14)11-15)22-20(23)17-9-10-18(21)19(12-17)26(2,24)25/h3-13H,1-2H3,(H,22,23). The van der Waals surface area contributed by atoms with E-state index in [0.29, 0.717) is 0 Å². The first-order valence-corrected chi connectivity index (χ1v) is 10.3. The smallest absolute Gasteiger partial charge is 0.251 e. The summed E-state index contributed by atoms with van der Waals surface area (Å²) in [6.45, 7) is 1.88. The molecule has 0 saturated heterocycles. The van der Waals surface area contributed by atoms with Crippen molar-refractivity contribution < 1.29 is 13.2 Å². The van der Waals surface area contributed by atoms with Crippen molar-refractivity contribution in [3.8, 4) is 0 Å². The zero-order chi connectivity index (χ0) is 18.9. The van der Waals surface area contributed by atoms with Crippen LogP contribution in [0, 0.1) is 0 Å². The summed E-state index contributed by atoms with van der Waals surface area (Å²) in [5.74, 6) is -0.354. The van der Waals surface area contributed by atoms with Crippen molar-refractivity contribution in [2.24, 2.45) is 0 Å². The number of hydrogen-bond donors (Lipinski definition) is 1. The van der Waals surface area contributed by atoms with Crippen LogP contribution in [0.2, 0.25) is 5.02 Å². The molecule has 1 N–H and O–H groups in total. The highest BCUT2D eigenvalue weighted by Gasteiger charge is 2.17. The van der Waals surface area contributed by atoms with Gasteiger partial charge in [0.2, 0.25) is 0 Å². The van der Waals surface area contributed by atoms with Crippen LogP contribution >= 0.6 is 11.6 Å². The Bertz CT molecular complexity index is 1090. The molecule has 0 radical (unpaired) electrons. The number of amides is 1. The Morgan fingerprint density at radius 3 is 2.38 bits per heavy atom. The van der Waals surface area contributed by atoms with E-state index in [1.165, 1.54) is 18.2 Å². The van der Waals surface area contributed by atoms with Crippen molar-refractivity contribution in [1.82, 2.24) is 5.32 Å². The number of halogens is 1. The third-order valence-electron chi connectivity index (χ3n) is 4.21. The van der Waals surface area contributed by atoms with E-state index in [1.54, 1.807) is 0 Å². The summed E-state index contributed by atoms with van der Waals surface area (Å²) in [5.41, 5.74) is 1.22. The van der Waals surface area contributed by atoms with Gasteiger partial charge in [-0.2, -0.15) is 0 Å². The molecule has 0 bridgehead atoms. The average molecular weight is 388 g/mol. The minimum absolute atomic E-state index is 0.0508. The van der Waals surface area contributed by atoms with E-state index < -0.39 is 9.84 Å². The fraction of sp³-hybridized carbons (Fsp3) is 0.150. The van der Waals surface area contributed by atoms with Gasteiger partial charge in [0.25, 0.3) is 5.91 Å². The van der Waals surface area contributed by atoms with E-state index >= 15 is 0 Å². The van der Waals surface area contributed by atoms with Crippen molar-refractivity contribution in [3.05, 3.63) is 76.8 Å². The average Bonchev–Trinajstić information content (AvgIpc) is 2.60. The maximum Gasteiger partial charge on any atom is 0.251 e. The number of nitrogens with one attached hydrogen (secondary N) is 1. The Morgan fingerprint density at radius 1 is 1.00 bits per heavy atom. The van der Waals surface area contributed by atoms with Gasteiger partial charge in [-0.1, -0.05) is 48.0 Å². The van der Waals surface area contributed by atoms with Crippen molar-refractivity contribution in [2.45, 2.75) is 17.9 Å². The highest BCUT2D eigenvalue weighted by molar-refractivity contribution is 7.90. The van der Waals surface area contributed by atoms with Crippen LogP contribution in [0.3, 0.4) is 0 Å². The first kappa shape index (κ1) is 18.4. The number of rotatable bonds is 4. The molecule has 0 aliphatic heterocycles. The maximum atomic E-state index is 12.5. The monoisotopic (exact) mass is 387 g/mol. The molecule has 3 rings (SSSR count). The molecule has 134 valence electrons. The topological polar surface area (TPSA) is 63.2 Å². The van der Waals surface area contributed by atoms with Gasteiger partial charge in [-0.3, -0.25) is 4.79 Å². The van der Waals surface area contributed by atoms with Crippen LogP contribution in [-0.4, -0.2) is 20.6 Å². The van der Waals surface area contributed by atoms with Gasteiger partial charge in [0.05, 0.1) is 16.0 Å². The Morgan fingerprint density at radius 2 is 1.69 bits per heavy atom. The molecule has 0 spiro atoms. The van der Waals surface area contributed by atoms with E-state index in [2.05, 4.69) is 5.32 Å². The van der Waals surface area contributed by atoms with Crippen molar-refractivity contribution in [3.63, 3.8) is 0 Å². The molecule has 0 fully saturated rings. The normalized spacial score (nSPS) is 12.7. The van der Waals surface area contributed by atoms with Crippen LogP contribution < -0.4 is 5.32 Å². The molecule has 26 heavy (non-hydrogen) atoms. The van der Waals surface area contributed by atoms with Gasteiger partial charge in [0.15, 0.2) is 9.84 Å².